The van der Waals surface area contributed by atoms with E-state index in [1.165, 1.54) is 6.07 Å². The van der Waals surface area contributed by atoms with E-state index in [1.807, 2.05) is 4.90 Å². The molecule has 3 nitrogen and oxygen atoms in total. The number of hydrogen-bond donors (Lipinski definition) is 0. The van der Waals surface area contributed by atoms with Crippen LogP contribution in [-0.2, 0) is 17.5 Å². The molecule has 0 unspecified atom stereocenters. The van der Waals surface area contributed by atoms with Gasteiger partial charge in [0.15, 0.2) is 0 Å². The van der Waals surface area contributed by atoms with Crippen LogP contribution >= 0.6 is 0 Å². The molecule has 0 aromatic heterocycles. The third kappa shape index (κ3) is 5.53. The number of halogens is 3. The van der Waals surface area contributed by atoms with Crippen molar-refractivity contribution in [3.05, 3.63) is 35.4 Å². The first kappa shape index (κ1) is 17.8. The summed E-state index contributed by atoms with van der Waals surface area (Å²) in [6.07, 6.45) is 0.0380. The second-order valence-corrected chi connectivity index (χ2v) is 6.17. The van der Waals surface area contributed by atoms with Gasteiger partial charge in [0.25, 0.3) is 0 Å². The summed E-state index contributed by atoms with van der Waals surface area (Å²) in [5.41, 5.74) is -0.0896. The molecule has 0 N–H and O–H groups in total. The Morgan fingerprint density at radius 1 is 1.17 bits per heavy atom. The molecule has 1 aliphatic rings. The van der Waals surface area contributed by atoms with Crippen LogP contribution in [0.15, 0.2) is 24.3 Å². The van der Waals surface area contributed by atoms with E-state index in [1.54, 1.807) is 18.0 Å². The van der Waals surface area contributed by atoms with Crippen molar-refractivity contribution in [3.8, 4) is 0 Å². The highest BCUT2D eigenvalue weighted by Gasteiger charge is 2.30. The van der Waals surface area contributed by atoms with Gasteiger partial charge in [-0.2, -0.15) is 13.2 Å². The normalized spacial score (nSPS) is 16.5. The van der Waals surface area contributed by atoms with Crippen molar-refractivity contribution >= 4 is 5.91 Å². The van der Waals surface area contributed by atoms with E-state index in [0.29, 0.717) is 12.1 Å². The van der Waals surface area contributed by atoms with E-state index in [2.05, 4.69) is 0 Å². The number of rotatable bonds is 4. The standard InChI is InChI=1S/C17H23F3N2O/c1-21(13-16(23)22-9-4-2-3-5-10-22)12-14-7-6-8-15(11-14)17(18,19)20/h6-8,11H,2-5,9-10,12-13H2,1H3. The molecule has 2 rings (SSSR count). The lowest BCUT2D eigenvalue weighted by atomic mass is 10.1. The van der Waals surface area contributed by atoms with Crippen LogP contribution < -0.4 is 0 Å². The van der Waals surface area contributed by atoms with Crippen molar-refractivity contribution in [1.29, 1.82) is 0 Å². The van der Waals surface area contributed by atoms with Crippen molar-refractivity contribution in [2.75, 3.05) is 26.7 Å². The Labute approximate surface area is 135 Å². The number of likely N-dealkylation sites (tertiary alicyclic amines) is 1. The predicted octanol–water partition coefficient (Wildman–Crippen LogP) is 3.54. The Balaban J connectivity index is 1.91. The molecule has 0 bridgehead atoms. The van der Waals surface area contributed by atoms with Crippen LogP contribution in [-0.4, -0.2) is 42.4 Å². The molecule has 1 fully saturated rings. The number of nitrogens with zero attached hydrogens (tertiary/aromatic N) is 2. The zero-order valence-electron chi connectivity index (χ0n) is 13.4. The van der Waals surface area contributed by atoms with Gasteiger partial charge >= 0.3 is 6.18 Å². The Hall–Kier alpha value is -1.56. The Bertz CT molecular complexity index is 523. The van der Waals surface area contributed by atoms with Crippen molar-refractivity contribution in [2.45, 2.75) is 38.4 Å². The van der Waals surface area contributed by atoms with Crippen LogP contribution in [0.2, 0.25) is 0 Å². The molecule has 1 heterocycles. The quantitative estimate of drug-likeness (QED) is 0.844. The molecule has 0 atom stereocenters. The molecule has 0 spiro atoms. The van der Waals surface area contributed by atoms with E-state index in [0.717, 1.165) is 50.9 Å². The molecule has 128 valence electrons. The van der Waals surface area contributed by atoms with Crippen molar-refractivity contribution in [2.24, 2.45) is 0 Å². The van der Waals surface area contributed by atoms with Gasteiger partial charge in [0, 0.05) is 19.6 Å². The first-order valence-electron chi connectivity index (χ1n) is 7.99. The summed E-state index contributed by atoms with van der Waals surface area (Å²) >= 11 is 0. The van der Waals surface area contributed by atoms with E-state index in [9.17, 15) is 18.0 Å². The summed E-state index contributed by atoms with van der Waals surface area (Å²) in [6, 6.07) is 5.27. The molecule has 1 amide bonds. The number of carbonyl (C=O) groups excluding carboxylic acids is 1. The molecule has 1 aromatic rings. The molecule has 0 radical (unpaired) electrons. The number of benzene rings is 1. The van der Waals surface area contributed by atoms with E-state index in [4.69, 9.17) is 0 Å². The number of alkyl halides is 3. The summed E-state index contributed by atoms with van der Waals surface area (Å²) < 4.78 is 38.2. The minimum Gasteiger partial charge on any atom is -0.342 e. The van der Waals surface area contributed by atoms with Gasteiger partial charge < -0.3 is 4.90 Å². The van der Waals surface area contributed by atoms with Crippen molar-refractivity contribution < 1.29 is 18.0 Å². The molecule has 1 aliphatic heterocycles. The maximum Gasteiger partial charge on any atom is 0.416 e. The van der Waals surface area contributed by atoms with Gasteiger partial charge in [0.05, 0.1) is 12.1 Å². The second kappa shape index (κ2) is 7.81. The van der Waals surface area contributed by atoms with Gasteiger partial charge in [-0.1, -0.05) is 31.0 Å². The summed E-state index contributed by atoms with van der Waals surface area (Å²) in [7, 11) is 1.76. The maximum absolute atomic E-state index is 12.7. The van der Waals surface area contributed by atoms with Crippen molar-refractivity contribution in [1.82, 2.24) is 9.80 Å². The molecule has 6 heteroatoms. The molecule has 23 heavy (non-hydrogen) atoms. The van der Waals surface area contributed by atoms with Gasteiger partial charge in [-0.15, -0.1) is 0 Å². The monoisotopic (exact) mass is 328 g/mol. The average molecular weight is 328 g/mol. The first-order valence-corrected chi connectivity index (χ1v) is 7.99. The highest BCUT2D eigenvalue weighted by molar-refractivity contribution is 5.78. The SMILES string of the molecule is CN(CC(=O)N1CCCCCC1)Cc1cccc(C(F)(F)F)c1. The lowest BCUT2D eigenvalue weighted by Crippen LogP contribution is -2.39. The molecule has 0 saturated carbocycles. The third-order valence-electron chi connectivity index (χ3n) is 4.07. The van der Waals surface area contributed by atoms with Crippen LogP contribution in [0.3, 0.4) is 0 Å². The van der Waals surface area contributed by atoms with Gasteiger partial charge in [-0.25, -0.2) is 0 Å². The molecular formula is C17H23F3N2O. The van der Waals surface area contributed by atoms with Gasteiger partial charge in [-0.3, -0.25) is 9.69 Å². The molecule has 1 aromatic carbocycles. The smallest absolute Gasteiger partial charge is 0.342 e. The number of amides is 1. The summed E-state index contributed by atoms with van der Waals surface area (Å²) in [5.74, 6) is 0.0568. The zero-order valence-corrected chi connectivity index (χ0v) is 13.4. The topological polar surface area (TPSA) is 23.6 Å². The Morgan fingerprint density at radius 3 is 2.43 bits per heavy atom. The fourth-order valence-corrected chi connectivity index (χ4v) is 2.86. The summed E-state index contributed by atoms with van der Waals surface area (Å²) in [5, 5.41) is 0. The van der Waals surface area contributed by atoms with E-state index in [-0.39, 0.29) is 12.5 Å². The van der Waals surface area contributed by atoms with Crippen LogP contribution in [0, 0.1) is 0 Å². The Morgan fingerprint density at radius 2 is 1.83 bits per heavy atom. The van der Waals surface area contributed by atoms with Gasteiger partial charge in [0.2, 0.25) is 5.91 Å². The minimum atomic E-state index is -4.34. The summed E-state index contributed by atoms with van der Waals surface area (Å²) in [6.45, 7) is 2.13. The highest BCUT2D eigenvalue weighted by Crippen LogP contribution is 2.29. The zero-order chi connectivity index (χ0) is 16.9. The summed E-state index contributed by atoms with van der Waals surface area (Å²) in [4.78, 5) is 15.9. The fourth-order valence-electron chi connectivity index (χ4n) is 2.86. The van der Waals surface area contributed by atoms with Crippen LogP contribution in [0.1, 0.15) is 36.8 Å². The molecule has 1 saturated heterocycles. The number of hydrogen-bond acceptors (Lipinski definition) is 2. The van der Waals surface area contributed by atoms with Gasteiger partial charge in [0.1, 0.15) is 0 Å². The van der Waals surface area contributed by atoms with Gasteiger partial charge in [-0.05, 0) is 31.5 Å². The maximum atomic E-state index is 12.7. The van der Waals surface area contributed by atoms with Crippen LogP contribution in [0.4, 0.5) is 13.2 Å². The number of carbonyl (C=O) groups is 1. The van der Waals surface area contributed by atoms with E-state index >= 15 is 0 Å². The minimum absolute atomic E-state index is 0.0568. The average Bonchev–Trinajstić information content (AvgIpc) is 2.75. The van der Waals surface area contributed by atoms with Crippen LogP contribution in [0.25, 0.3) is 0 Å². The highest BCUT2D eigenvalue weighted by atomic mass is 19.4. The number of likely N-dealkylation sites (N-methyl/N-ethyl adjacent to an activating group) is 1. The largest absolute Gasteiger partial charge is 0.416 e. The molecule has 0 aliphatic carbocycles. The Kier molecular flexibility index (Phi) is 6.04. The predicted molar refractivity (Wildman–Crippen MR) is 82.8 cm³/mol. The van der Waals surface area contributed by atoms with Crippen LogP contribution in [0.5, 0.6) is 0 Å². The first-order chi connectivity index (χ1) is 10.9. The fraction of sp³-hybridized carbons (Fsp3) is 0.588. The van der Waals surface area contributed by atoms with E-state index < -0.39 is 11.7 Å². The lowest BCUT2D eigenvalue weighted by Gasteiger charge is -2.24. The third-order valence-corrected chi connectivity index (χ3v) is 4.07. The van der Waals surface area contributed by atoms with Crippen molar-refractivity contribution in [3.63, 3.8) is 0 Å². The second-order valence-electron chi connectivity index (χ2n) is 6.17. The molecular weight excluding hydrogens is 305 g/mol. The lowest BCUT2D eigenvalue weighted by molar-refractivity contribution is -0.137.